The largest absolute Gasteiger partial charge is 0.476 e. The molecule has 5 rings (SSSR count). The molecule has 2 aromatic heterocycles. The van der Waals surface area contributed by atoms with E-state index in [0.717, 1.165) is 50.0 Å². The summed E-state index contributed by atoms with van der Waals surface area (Å²) in [6, 6.07) is 10.1. The van der Waals surface area contributed by atoms with E-state index in [1.165, 1.54) is 12.1 Å². The van der Waals surface area contributed by atoms with Gasteiger partial charge in [-0.3, -0.25) is 4.79 Å². The normalized spacial score (nSPS) is 18.7. The van der Waals surface area contributed by atoms with Gasteiger partial charge in [0.2, 0.25) is 11.8 Å². The van der Waals surface area contributed by atoms with Crippen LogP contribution >= 0.6 is 0 Å². The lowest BCUT2D eigenvalue weighted by Crippen LogP contribution is -2.44. The summed E-state index contributed by atoms with van der Waals surface area (Å²) < 4.78 is 20.8. The van der Waals surface area contributed by atoms with Gasteiger partial charge in [-0.15, -0.1) is 5.10 Å². The first-order valence-corrected chi connectivity index (χ1v) is 10.1. The van der Waals surface area contributed by atoms with Crippen molar-refractivity contribution in [2.45, 2.75) is 31.1 Å². The number of carbonyl (C=O) groups excluding carboxylic acids is 1. The Kier molecular flexibility index (Phi) is 4.45. The van der Waals surface area contributed by atoms with Gasteiger partial charge in [0.25, 0.3) is 0 Å². The number of ether oxygens (including phenoxy) is 1. The predicted octanol–water partition coefficient (Wildman–Crippen LogP) is 3.22. The van der Waals surface area contributed by atoms with Gasteiger partial charge in [0.05, 0.1) is 12.0 Å². The van der Waals surface area contributed by atoms with Crippen molar-refractivity contribution in [2.24, 2.45) is 5.92 Å². The molecule has 2 aliphatic rings. The van der Waals surface area contributed by atoms with Crippen LogP contribution in [0.25, 0.3) is 5.65 Å². The van der Waals surface area contributed by atoms with Crippen LogP contribution in [0.5, 0.6) is 5.88 Å². The molecule has 2 fully saturated rings. The first-order chi connectivity index (χ1) is 14.1. The fraction of sp³-hybridized carbons (Fsp3) is 0.409. The van der Waals surface area contributed by atoms with E-state index in [1.807, 2.05) is 17.0 Å². The van der Waals surface area contributed by atoms with E-state index in [2.05, 4.69) is 10.1 Å². The minimum absolute atomic E-state index is 0.190. The number of piperidine rings is 1. The molecule has 1 aliphatic carbocycles. The Labute approximate surface area is 168 Å². The predicted molar refractivity (Wildman–Crippen MR) is 105 cm³/mol. The van der Waals surface area contributed by atoms with Crippen molar-refractivity contribution in [3.63, 3.8) is 0 Å². The zero-order valence-electron chi connectivity index (χ0n) is 16.1. The Hall–Kier alpha value is -2.96. The molecule has 0 radical (unpaired) electrons. The lowest BCUT2D eigenvalue weighted by molar-refractivity contribution is -0.135. The van der Waals surface area contributed by atoms with Crippen molar-refractivity contribution in [3.8, 4) is 5.88 Å². The number of imidazole rings is 1. The molecular weight excluding hydrogens is 371 g/mol. The van der Waals surface area contributed by atoms with E-state index >= 15 is 0 Å². The second-order valence-corrected chi connectivity index (χ2v) is 8.04. The van der Waals surface area contributed by atoms with Crippen molar-refractivity contribution in [2.75, 3.05) is 19.7 Å². The quantitative estimate of drug-likeness (QED) is 0.667. The highest BCUT2D eigenvalue weighted by Gasteiger charge is 2.53. The molecule has 0 atom stereocenters. The topological polar surface area (TPSA) is 59.7 Å². The summed E-state index contributed by atoms with van der Waals surface area (Å²) in [5.41, 5.74) is 1.30. The fourth-order valence-electron chi connectivity index (χ4n) is 4.20. The highest BCUT2D eigenvalue weighted by Crippen LogP contribution is 2.50. The van der Waals surface area contributed by atoms with E-state index in [-0.39, 0.29) is 11.7 Å². The Balaban J connectivity index is 1.16. The number of hydrogen-bond donors (Lipinski definition) is 0. The average molecular weight is 394 g/mol. The van der Waals surface area contributed by atoms with Gasteiger partial charge in [-0.1, -0.05) is 12.1 Å². The lowest BCUT2D eigenvalue weighted by atomic mass is 9.91. The molecule has 29 heavy (non-hydrogen) atoms. The molecule has 1 saturated heterocycles. The SMILES string of the molecule is O=C(N1CCC(COc2ccc3nccn3n2)CC1)C1(c2ccc(F)cc2)CC1. The van der Waals surface area contributed by atoms with Crippen molar-refractivity contribution >= 4 is 11.6 Å². The summed E-state index contributed by atoms with van der Waals surface area (Å²) in [4.78, 5) is 19.3. The monoisotopic (exact) mass is 394 g/mol. The first-order valence-electron chi connectivity index (χ1n) is 10.1. The van der Waals surface area contributed by atoms with Gasteiger partial charge in [0, 0.05) is 31.5 Å². The fourth-order valence-corrected chi connectivity index (χ4v) is 4.20. The van der Waals surface area contributed by atoms with Gasteiger partial charge in [0.1, 0.15) is 5.82 Å². The minimum Gasteiger partial charge on any atom is -0.476 e. The second kappa shape index (κ2) is 7.13. The van der Waals surface area contributed by atoms with E-state index in [1.54, 1.807) is 29.0 Å². The van der Waals surface area contributed by atoms with Crippen LogP contribution in [0.2, 0.25) is 0 Å². The van der Waals surface area contributed by atoms with Crippen LogP contribution in [0.15, 0.2) is 48.8 Å². The summed E-state index contributed by atoms with van der Waals surface area (Å²) in [6.07, 6.45) is 7.03. The maximum absolute atomic E-state index is 13.2. The van der Waals surface area contributed by atoms with Crippen molar-refractivity contribution in [1.82, 2.24) is 19.5 Å². The second-order valence-electron chi connectivity index (χ2n) is 8.04. The molecule has 1 aliphatic heterocycles. The molecule has 150 valence electrons. The number of benzene rings is 1. The molecule has 0 spiro atoms. The summed E-state index contributed by atoms with van der Waals surface area (Å²) >= 11 is 0. The third-order valence-electron chi connectivity index (χ3n) is 6.16. The highest BCUT2D eigenvalue weighted by molar-refractivity contribution is 5.91. The van der Waals surface area contributed by atoms with Gasteiger partial charge in [0.15, 0.2) is 5.65 Å². The van der Waals surface area contributed by atoms with Gasteiger partial charge < -0.3 is 9.64 Å². The number of likely N-dealkylation sites (tertiary alicyclic amines) is 1. The smallest absolute Gasteiger partial charge is 0.233 e. The standard InChI is InChI=1S/C22H23FN4O2/c23-18-3-1-17(2-4-18)22(9-10-22)21(28)26-12-7-16(8-13-26)15-29-20-6-5-19-24-11-14-27(19)25-20/h1-6,11,14,16H,7-10,12-13,15H2. The lowest BCUT2D eigenvalue weighted by Gasteiger charge is -2.34. The van der Waals surface area contributed by atoms with Crippen LogP contribution in [0.3, 0.4) is 0 Å². The molecule has 3 aromatic rings. The number of rotatable bonds is 5. The van der Waals surface area contributed by atoms with Crippen LogP contribution in [-0.4, -0.2) is 45.1 Å². The van der Waals surface area contributed by atoms with E-state index in [9.17, 15) is 9.18 Å². The summed E-state index contributed by atoms with van der Waals surface area (Å²) in [5, 5.41) is 4.38. The molecule has 6 nitrogen and oxygen atoms in total. The zero-order chi connectivity index (χ0) is 19.8. The summed E-state index contributed by atoms with van der Waals surface area (Å²) in [7, 11) is 0. The number of carbonyl (C=O) groups is 1. The van der Waals surface area contributed by atoms with E-state index in [0.29, 0.717) is 18.4 Å². The number of halogens is 1. The van der Waals surface area contributed by atoms with Crippen molar-refractivity contribution in [3.05, 3.63) is 60.2 Å². The molecule has 1 aromatic carbocycles. The molecule has 0 unspecified atom stereocenters. The summed E-state index contributed by atoms with van der Waals surface area (Å²) in [6.45, 7) is 2.08. The third kappa shape index (κ3) is 3.45. The zero-order valence-corrected chi connectivity index (χ0v) is 16.1. The van der Waals surface area contributed by atoms with Gasteiger partial charge in [-0.25, -0.2) is 13.9 Å². The minimum atomic E-state index is -0.429. The van der Waals surface area contributed by atoms with E-state index < -0.39 is 5.41 Å². The molecule has 0 N–H and O–H groups in total. The number of amides is 1. The van der Waals surface area contributed by atoms with Gasteiger partial charge >= 0.3 is 0 Å². The molecule has 1 amide bonds. The third-order valence-corrected chi connectivity index (χ3v) is 6.16. The molecule has 1 saturated carbocycles. The maximum atomic E-state index is 13.2. The molecular formula is C22H23FN4O2. The van der Waals surface area contributed by atoms with Crippen LogP contribution in [-0.2, 0) is 10.2 Å². The van der Waals surface area contributed by atoms with Crippen molar-refractivity contribution < 1.29 is 13.9 Å². The van der Waals surface area contributed by atoms with Gasteiger partial charge in [-0.05, 0) is 55.4 Å². The molecule has 7 heteroatoms. The maximum Gasteiger partial charge on any atom is 0.233 e. The van der Waals surface area contributed by atoms with Crippen LogP contribution < -0.4 is 4.74 Å². The van der Waals surface area contributed by atoms with Gasteiger partial charge in [-0.2, -0.15) is 0 Å². The van der Waals surface area contributed by atoms with Crippen LogP contribution in [0, 0.1) is 11.7 Å². The highest BCUT2D eigenvalue weighted by atomic mass is 19.1. The Morgan fingerprint density at radius 1 is 1.14 bits per heavy atom. The summed E-state index contributed by atoms with van der Waals surface area (Å²) in [5.74, 6) is 0.915. The Morgan fingerprint density at radius 2 is 1.90 bits per heavy atom. The van der Waals surface area contributed by atoms with Crippen LogP contribution in [0.4, 0.5) is 4.39 Å². The van der Waals surface area contributed by atoms with E-state index in [4.69, 9.17) is 4.74 Å². The number of fused-ring (bicyclic) bond motifs is 1. The average Bonchev–Trinajstić information content (AvgIpc) is 3.43. The first kappa shape index (κ1) is 18.1. The molecule has 0 bridgehead atoms. The van der Waals surface area contributed by atoms with Crippen LogP contribution in [0.1, 0.15) is 31.2 Å². The number of aromatic nitrogens is 3. The Bertz CT molecular complexity index is 1020. The Morgan fingerprint density at radius 3 is 2.62 bits per heavy atom. The molecule has 3 heterocycles. The van der Waals surface area contributed by atoms with Crippen molar-refractivity contribution in [1.29, 1.82) is 0 Å². The number of nitrogens with zero attached hydrogens (tertiary/aromatic N) is 4. The number of hydrogen-bond acceptors (Lipinski definition) is 4.